The lowest BCUT2D eigenvalue weighted by atomic mass is 9.98. The first-order valence-electron chi connectivity index (χ1n) is 6.59. The van der Waals surface area contributed by atoms with Crippen LogP contribution in [0.1, 0.15) is 22.7 Å². The Morgan fingerprint density at radius 1 is 1.29 bits per heavy atom. The molecule has 0 amide bonds. The quantitative estimate of drug-likeness (QED) is 0.637. The standard InChI is InChI=1S/C16H18BrFN2O/c1-10-5-12(9-13(18)6-10)15(20-19)8-11-3-4-16(21-2)14(17)7-11/h3-7,9,15,20H,8,19H2,1-2H3. The van der Waals surface area contributed by atoms with Gasteiger partial charge in [0.2, 0.25) is 0 Å². The Morgan fingerprint density at radius 2 is 2.05 bits per heavy atom. The molecular weight excluding hydrogens is 335 g/mol. The highest BCUT2D eigenvalue weighted by molar-refractivity contribution is 9.10. The summed E-state index contributed by atoms with van der Waals surface area (Å²) in [7, 11) is 1.62. The molecule has 0 spiro atoms. The molecule has 2 aromatic carbocycles. The van der Waals surface area contributed by atoms with Gasteiger partial charge in [0.1, 0.15) is 11.6 Å². The van der Waals surface area contributed by atoms with Crippen LogP contribution in [0.4, 0.5) is 4.39 Å². The summed E-state index contributed by atoms with van der Waals surface area (Å²) >= 11 is 3.46. The third kappa shape index (κ3) is 4.03. The molecule has 0 aliphatic carbocycles. The third-order valence-electron chi connectivity index (χ3n) is 3.32. The van der Waals surface area contributed by atoms with Gasteiger partial charge < -0.3 is 4.74 Å². The maximum Gasteiger partial charge on any atom is 0.133 e. The molecule has 0 fully saturated rings. The van der Waals surface area contributed by atoms with Gasteiger partial charge in [-0.1, -0.05) is 12.1 Å². The van der Waals surface area contributed by atoms with Gasteiger partial charge in [0.05, 0.1) is 17.6 Å². The smallest absolute Gasteiger partial charge is 0.133 e. The average Bonchev–Trinajstić information content (AvgIpc) is 2.43. The van der Waals surface area contributed by atoms with Crippen LogP contribution in [0, 0.1) is 12.7 Å². The van der Waals surface area contributed by atoms with Gasteiger partial charge in [-0.15, -0.1) is 0 Å². The van der Waals surface area contributed by atoms with Crippen LogP contribution in [0.3, 0.4) is 0 Å². The third-order valence-corrected chi connectivity index (χ3v) is 3.94. The Balaban J connectivity index is 2.24. The van der Waals surface area contributed by atoms with Crippen LogP contribution in [0.5, 0.6) is 5.75 Å². The molecule has 0 heterocycles. The summed E-state index contributed by atoms with van der Waals surface area (Å²) in [5, 5.41) is 0. The van der Waals surface area contributed by atoms with Crippen molar-refractivity contribution in [1.82, 2.24) is 5.43 Å². The van der Waals surface area contributed by atoms with Gasteiger partial charge in [0, 0.05) is 0 Å². The van der Waals surface area contributed by atoms with Crippen LogP contribution in [-0.4, -0.2) is 7.11 Å². The second-order valence-corrected chi connectivity index (χ2v) is 5.81. The first kappa shape index (κ1) is 15.9. The monoisotopic (exact) mass is 352 g/mol. The highest BCUT2D eigenvalue weighted by atomic mass is 79.9. The van der Waals surface area contributed by atoms with Crippen LogP contribution in [0.15, 0.2) is 40.9 Å². The Labute approximate surface area is 132 Å². The van der Waals surface area contributed by atoms with Crippen molar-refractivity contribution in [3.63, 3.8) is 0 Å². The van der Waals surface area contributed by atoms with Crippen molar-refractivity contribution in [1.29, 1.82) is 0 Å². The molecule has 0 aliphatic rings. The Bertz CT molecular complexity index is 613. The van der Waals surface area contributed by atoms with E-state index < -0.39 is 0 Å². The van der Waals surface area contributed by atoms with Gasteiger partial charge in [-0.3, -0.25) is 11.3 Å². The SMILES string of the molecule is COc1ccc(CC(NN)c2cc(C)cc(F)c2)cc1Br. The van der Waals surface area contributed by atoms with Crippen molar-refractivity contribution in [2.24, 2.45) is 5.84 Å². The van der Waals surface area contributed by atoms with E-state index in [0.717, 1.165) is 26.9 Å². The van der Waals surface area contributed by atoms with Crippen LogP contribution in [0.25, 0.3) is 0 Å². The van der Waals surface area contributed by atoms with Gasteiger partial charge in [0.25, 0.3) is 0 Å². The fraction of sp³-hybridized carbons (Fsp3) is 0.250. The minimum atomic E-state index is -0.249. The van der Waals surface area contributed by atoms with Crippen LogP contribution in [0.2, 0.25) is 0 Å². The summed E-state index contributed by atoms with van der Waals surface area (Å²) in [4.78, 5) is 0. The molecule has 3 N–H and O–H groups in total. The molecule has 1 atom stereocenters. The van der Waals surface area contributed by atoms with Gasteiger partial charge >= 0.3 is 0 Å². The normalized spacial score (nSPS) is 12.2. The molecule has 0 saturated heterocycles. The molecule has 0 aromatic heterocycles. The number of halogens is 2. The summed E-state index contributed by atoms with van der Waals surface area (Å²) in [6.07, 6.45) is 0.655. The number of rotatable bonds is 5. The molecule has 0 saturated carbocycles. The lowest BCUT2D eigenvalue weighted by Gasteiger charge is -2.18. The number of benzene rings is 2. The van der Waals surface area contributed by atoms with E-state index in [1.807, 2.05) is 31.2 Å². The fourth-order valence-electron chi connectivity index (χ4n) is 2.31. The van der Waals surface area contributed by atoms with Crippen molar-refractivity contribution >= 4 is 15.9 Å². The van der Waals surface area contributed by atoms with Crippen molar-refractivity contribution in [3.05, 3.63) is 63.4 Å². The lowest BCUT2D eigenvalue weighted by Crippen LogP contribution is -2.29. The van der Waals surface area contributed by atoms with E-state index in [1.54, 1.807) is 7.11 Å². The Kier molecular flexibility index (Phi) is 5.33. The largest absolute Gasteiger partial charge is 0.496 e. The second-order valence-electron chi connectivity index (χ2n) is 4.95. The number of methoxy groups -OCH3 is 1. The highest BCUT2D eigenvalue weighted by Gasteiger charge is 2.13. The van der Waals surface area contributed by atoms with E-state index in [-0.39, 0.29) is 11.9 Å². The molecule has 2 aromatic rings. The zero-order valence-corrected chi connectivity index (χ0v) is 13.6. The van der Waals surface area contributed by atoms with E-state index >= 15 is 0 Å². The molecule has 3 nitrogen and oxygen atoms in total. The van der Waals surface area contributed by atoms with Gasteiger partial charge in [-0.05, 0) is 70.2 Å². The van der Waals surface area contributed by atoms with Crippen molar-refractivity contribution < 1.29 is 9.13 Å². The summed E-state index contributed by atoms with van der Waals surface area (Å²) in [5.74, 6) is 6.16. The molecule has 5 heteroatoms. The maximum absolute atomic E-state index is 13.5. The van der Waals surface area contributed by atoms with Crippen molar-refractivity contribution in [2.75, 3.05) is 7.11 Å². The van der Waals surface area contributed by atoms with Gasteiger partial charge in [-0.25, -0.2) is 4.39 Å². The molecule has 1 unspecified atom stereocenters. The molecular formula is C16H18BrFN2O. The van der Waals surface area contributed by atoms with Gasteiger partial charge in [0.15, 0.2) is 0 Å². The summed E-state index contributed by atoms with van der Waals surface area (Å²) in [6, 6.07) is 10.6. The predicted molar refractivity (Wildman–Crippen MR) is 85.6 cm³/mol. The molecule has 21 heavy (non-hydrogen) atoms. The lowest BCUT2D eigenvalue weighted by molar-refractivity contribution is 0.412. The summed E-state index contributed by atoms with van der Waals surface area (Å²) in [5.41, 5.74) is 5.54. The zero-order chi connectivity index (χ0) is 15.4. The van der Waals surface area contributed by atoms with Crippen molar-refractivity contribution in [3.8, 4) is 5.75 Å². The molecule has 0 aliphatic heterocycles. The number of nitrogens with two attached hydrogens (primary N) is 1. The molecule has 0 bridgehead atoms. The first-order chi connectivity index (χ1) is 10.0. The zero-order valence-electron chi connectivity index (χ0n) is 12.0. The van der Waals surface area contributed by atoms with E-state index in [2.05, 4.69) is 21.4 Å². The highest BCUT2D eigenvalue weighted by Crippen LogP contribution is 2.28. The van der Waals surface area contributed by atoms with Crippen LogP contribution in [-0.2, 0) is 6.42 Å². The molecule has 112 valence electrons. The number of hydrazine groups is 1. The minimum Gasteiger partial charge on any atom is -0.496 e. The van der Waals surface area contributed by atoms with E-state index in [4.69, 9.17) is 10.6 Å². The number of hydrogen-bond donors (Lipinski definition) is 2. The Morgan fingerprint density at radius 3 is 2.62 bits per heavy atom. The Hall–Kier alpha value is -1.43. The minimum absolute atomic E-state index is 0.153. The summed E-state index contributed by atoms with van der Waals surface area (Å²) < 4.78 is 19.6. The van der Waals surface area contributed by atoms with Crippen LogP contribution < -0.4 is 16.0 Å². The van der Waals surface area contributed by atoms with E-state index in [9.17, 15) is 4.39 Å². The first-order valence-corrected chi connectivity index (χ1v) is 7.38. The predicted octanol–water partition coefficient (Wildman–Crippen LogP) is 3.65. The topological polar surface area (TPSA) is 47.3 Å². The summed E-state index contributed by atoms with van der Waals surface area (Å²) in [6.45, 7) is 1.87. The number of aryl methyl sites for hydroxylation is 1. The number of nitrogens with one attached hydrogen (secondary N) is 1. The maximum atomic E-state index is 13.5. The van der Waals surface area contributed by atoms with Gasteiger partial charge in [-0.2, -0.15) is 0 Å². The fourth-order valence-corrected chi connectivity index (χ4v) is 2.90. The molecule has 2 rings (SSSR count). The average molecular weight is 353 g/mol. The van der Waals surface area contributed by atoms with Crippen LogP contribution >= 0.6 is 15.9 Å². The van der Waals surface area contributed by atoms with Crippen molar-refractivity contribution in [2.45, 2.75) is 19.4 Å². The van der Waals surface area contributed by atoms with E-state index in [0.29, 0.717) is 6.42 Å². The van der Waals surface area contributed by atoms with E-state index in [1.165, 1.54) is 12.1 Å². The number of ether oxygens (including phenoxy) is 1. The number of hydrogen-bond acceptors (Lipinski definition) is 3. The molecule has 0 radical (unpaired) electrons. The second kappa shape index (κ2) is 7.02.